The van der Waals surface area contributed by atoms with Crippen LogP contribution in [0.5, 0.6) is 0 Å². The minimum atomic E-state index is -4.28. The molecular formula is C11H15F3O2S2. The van der Waals surface area contributed by atoms with Crippen molar-refractivity contribution in [2.75, 3.05) is 11.5 Å². The Morgan fingerprint density at radius 3 is 2.33 bits per heavy atom. The SMILES string of the molecule is O=C(O)[C@@H]1C[C@H](C(F)(F)F)CC2(C1)SCCCS2. The molecule has 2 nitrogen and oxygen atoms in total. The molecule has 1 heterocycles. The topological polar surface area (TPSA) is 37.3 Å². The smallest absolute Gasteiger partial charge is 0.391 e. The highest BCUT2D eigenvalue weighted by Gasteiger charge is 2.52. The van der Waals surface area contributed by atoms with Crippen molar-refractivity contribution < 1.29 is 23.1 Å². The van der Waals surface area contributed by atoms with Crippen LogP contribution in [0.2, 0.25) is 0 Å². The highest BCUT2D eigenvalue weighted by molar-refractivity contribution is 8.18. The predicted octanol–water partition coefficient (Wildman–Crippen LogP) is 3.62. The number of thioether (sulfide) groups is 2. The Labute approximate surface area is 112 Å². The maximum atomic E-state index is 12.9. The molecule has 0 radical (unpaired) electrons. The summed E-state index contributed by atoms with van der Waals surface area (Å²) in [6.07, 6.45) is -3.12. The average Bonchev–Trinajstić information content (AvgIpc) is 2.28. The molecule has 1 aliphatic carbocycles. The largest absolute Gasteiger partial charge is 0.481 e. The zero-order valence-corrected chi connectivity index (χ0v) is 11.3. The monoisotopic (exact) mass is 300 g/mol. The van der Waals surface area contributed by atoms with E-state index in [4.69, 9.17) is 5.11 Å². The lowest BCUT2D eigenvalue weighted by molar-refractivity contribution is -0.188. The number of alkyl halides is 3. The lowest BCUT2D eigenvalue weighted by Gasteiger charge is -2.44. The van der Waals surface area contributed by atoms with Crippen LogP contribution in [-0.4, -0.2) is 32.8 Å². The fourth-order valence-corrected chi connectivity index (χ4v) is 6.25. The number of carbonyl (C=O) groups is 1. The molecule has 0 bridgehead atoms. The summed E-state index contributed by atoms with van der Waals surface area (Å²) in [7, 11) is 0. The van der Waals surface area contributed by atoms with E-state index in [0.29, 0.717) is 6.42 Å². The van der Waals surface area contributed by atoms with E-state index in [-0.39, 0.29) is 12.8 Å². The van der Waals surface area contributed by atoms with Gasteiger partial charge in [-0.3, -0.25) is 4.79 Å². The third-order valence-electron chi connectivity index (χ3n) is 3.51. The highest BCUT2D eigenvalue weighted by Crippen LogP contribution is 2.56. The Balaban J connectivity index is 2.18. The van der Waals surface area contributed by atoms with Crippen molar-refractivity contribution in [2.45, 2.75) is 35.9 Å². The standard InChI is InChI=1S/C11H15F3O2S2/c12-11(13,14)8-4-7(9(15)16)5-10(6-8)17-2-1-3-18-10/h7-8H,1-6H2,(H,15,16)/t7-,8+/m1/s1. The van der Waals surface area contributed by atoms with Gasteiger partial charge < -0.3 is 5.11 Å². The number of hydrogen-bond donors (Lipinski definition) is 1. The van der Waals surface area contributed by atoms with Gasteiger partial charge in [-0.1, -0.05) is 0 Å². The van der Waals surface area contributed by atoms with Crippen LogP contribution >= 0.6 is 23.5 Å². The Morgan fingerprint density at radius 1 is 1.22 bits per heavy atom. The maximum Gasteiger partial charge on any atom is 0.391 e. The van der Waals surface area contributed by atoms with E-state index in [1.165, 1.54) is 23.5 Å². The van der Waals surface area contributed by atoms with Crippen molar-refractivity contribution in [1.29, 1.82) is 0 Å². The summed E-state index contributed by atoms with van der Waals surface area (Å²) in [5.41, 5.74) is 0. The molecule has 1 saturated heterocycles. The molecule has 0 amide bonds. The molecular weight excluding hydrogens is 285 g/mol. The molecule has 0 unspecified atom stereocenters. The second-order valence-electron chi connectivity index (χ2n) is 4.88. The molecule has 2 rings (SSSR count). The molecule has 2 aliphatic rings. The fourth-order valence-electron chi connectivity index (χ4n) is 2.63. The van der Waals surface area contributed by atoms with E-state index in [9.17, 15) is 18.0 Å². The molecule has 18 heavy (non-hydrogen) atoms. The fraction of sp³-hybridized carbons (Fsp3) is 0.909. The van der Waals surface area contributed by atoms with Crippen LogP contribution in [0.4, 0.5) is 13.2 Å². The Hall–Kier alpha value is -0.0400. The summed E-state index contributed by atoms with van der Waals surface area (Å²) in [6, 6.07) is 0. The molecule has 0 aromatic rings. The number of aliphatic carboxylic acids is 1. The number of halogens is 3. The van der Waals surface area contributed by atoms with Crippen LogP contribution < -0.4 is 0 Å². The van der Waals surface area contributed by atoms with Gasteiger partial charge in [-0.05, 0) is 37.2 Å². The third-order valence-corrected chi connectivity index (χ3v) is 6.93. The molecule has 2 fully saturated rings. The summed E-state index contributed by atoms with van der Waals surface area (Å²) >= 11 is 3.05. The number of carboxylic acids is 1. The minimum Gasteiger partial charge on any atom is -0.481 e. The molecule has 1 saturated carbocycles. The Bertz CT molecular complexity index is 327. The predicted molar refractivity (Wildman–Crippen MR) is 66.8 cm³/mol. The summed E-state index contributed by atoms with van der Waals surface area (Å²) in [5.74, 6) is -1.74. The summed E-state index contributed by atoms with van der Waals surface area (Å²) in [5, 5.41) is 9.05. The molecule has 0 aromatic carbocycles. The van der Waals surface area contributed by atoms with Crippen LogP contribution in [0.3, 0.4) is 0 Å². The summed E-state index contributed by atoms with van der Waals surface area (Å²) in [6.45, 7) is 0. The van der Waals surface area contributed by atoms with Crippen molar-refractivity contribution in [1.82, 2.24) is 0 Å². The first-order valence-electron chi connectivity index (χ1n) is 5.90. The Morgan fingerprint density at radius 2 is 1.83 bits per heavy atom. The third kappa shape index (κ3) is 3.10. The van der Waals surface area contributed by atoms with Gasteiger partial charge in [0.1, 0.15) is 0 Å². The van der Waals surface area contributed by atoms with Gasteiger partial charge in [-0.25, -0.2) is 0 Å². The first kappa shape index (κ1) is 14.4. The quantitative estimate of drug-likeness (QED) is 0.802. The summed E-state index contributed by atoms with van der Waals surface area (Å²) < 4.78 is 38.2. The van der Waals surface area contributed by atoms with E-state index in [2.05, 4.69) is 0 Å². The van der Waals surface area contributed by atoms with Crippen LogP contribution in [0.25, 0.3) is 0 Å². The molecule has 0 aromatic heterocycles. The molecule has 1 spiro atoms. The second-order valence-corrected chi connectivity index (χ2v) is 8.09. The first-order chi connectivity index (χ1) is 8.32. The lowest BCUT2D eigenvalue weighted by Crippen LogP contribution is -2.43. The second kappa shape index (κ2) is 5.15. The number of rotatable bonds is 1. The number of hydrogen-bond acceptors (Lipinski definition) is 3. The molecule has 1 N–H and O–H groups in total. The first-order valence-corrected chi connectivity index (χ1v) is 7.87. The van der Waals surface area contributed by atoms with Gasteiger partial charge in [0.2, 0.25) is 0 Å². The molecule has 104 valence electrons. The minimum absolute atomic E-state index is 0.0651. The van der Waals surface area contributed by atoms with Crippen molar-refractivity contribution in [3.8, 4) is 0 Å². The van der Waals surface area contributed by atoms with Gasteiger partial charge in [-0.15, -0.1) is 23.5 Å². The van der Waals surface area contributed by atoms with E-state index in [1.54, 1.807) is 0 Å². The van der Waals surface area contributed by atoms with Gasteiger partial charge in [0.25, 0.3) is 0 Å². The van der Waals surface area contributed by atoms with E-state index >= 15 is 0 Å². The number of carboxylic acid groups (broad SMARTS) is 1. The highest BCUT2D eigenvalue weighted by atomic mass is 32.2. The molecule has 1 aliphatic heterocycles. The van der Waals surface area contributed by atoms with Crippen LogP contribution in [0.15, 0.2) is 0 Å². The van der Waals surface area contributed by atoms with Crippen molar-refractivity contribution in [3.05, 3.63) is 0 Å². The van der Waals surface area contributed by atoms with Crippen molar-refractivity contribution >= 4 is 29.5 Å². The van der Waals surface area contributed by atoms with Gasteiger partial charge in [0.05, 0.1) is 15.9 Å². The van der Waals surface area contributed by atoms with E-state index in [1.807, 2.05) is 0 Å². The average molecular weight is 300 g/mol. The van der Waals surface area contributed by atoms with E-state index < -0.39 is 28.1 Å². The normalized spacial score (nSPS) is 32.4. The van der Waals surface area contributed by atoms with Crippen molar-refractivity contribution in [3.63, 3.8) is 0 Å². The van der Waals surface area contributed by atoms with Crippen LogP contribution in [0, 0.1) is 11.8 Å². The lowest BCUT2D eigenvalue weighted by atomic mass is 9.80. The zero-order chi connectivity index (χ0) is 13.4. The molecule has 2 atom stereocenters. The maximum absolute atomic E-state index is 12.9. The van der Waals surface area contributed by atoms with Crippen LogP contribution in [0.1, 0.15) is 25.7 Å². The van der Waals surface area contributed by atoms with E-state index in [0.717, 1.165) is 17.9 Å². The van der Waals surface area contributed by atoms with Crippen LogP contribution in [-0.2, 0) is 4.79 Å². The van der Waals surface area contributed by atoms with Gasteiger partial charge in [0, 0.05) is 0 Å². The molecule has 7 heteroatoms. The summed E-state index contributed by atoms with van der Waals surface area (Å²) in [4.78, 5) is 11.1. The van der Waals surface area contributed by atoms with Gasteiger partial charge in [0.15, 0.2) is 0 Å². The zero-order valence-electron chi connectivity index (χ0n) is 9.70. The van der Waals surface area contributed by atoms with Crippen molar-refractivity contribution in [2.24, 2.45) is 11.8 Å². The van der Waals surface area contributed by atoms with Gasteiger partial charge >= 0.3 is 12.1 Å². The van der Waals surface area contributed by atoms with Gasteiger partial charge in [-0.2, -0.15) is 13.2 Å². The Kier molecular flexibility index (Phi) is 4.11.